The van der Waals surface area contributed by atoms with Crippen LogP contribution < -0.4 is 9.47 Å². The second-order valence-corrected chi connectivity index (χ2v) is 4.09. The number of benzene rings is 1. The molecule has 0 heterocycles. The lowest BCUT2D eigenvalue weighted by atomic mass is 10.2. The number of carbonyl (C=O) groups is 2. The van der Waals surface area contributed by atoms with Gasteiger partial charge in [0.15, 0.2) is 11.5 Å². The molecule has 5 nitrogen and oxygen atoms in total. The van der Waals surface area contributed by atoms with Crippen LogP contribution in [0.2, 0.25) is 5.02 Å². The van der Waals surface area contributed by atoms with E-state index in [2.05, 4.69) is 4.74 Å². The molecule has 104 valence electrons. The number of hydrogen-bond donors (Lipinski definition) is 0. The highest BCUT2D eigenvalue weighted by Crippen LogP contribution is 2.36. The van der Waals surface area contributed by atoms with Crippen molar-refractivity contribution in [2.45, 2.75) is 12.8 Å². The normalized spacial score (nSPS) is 9.84. The Morgan fingerprint density at radius 2 is 2.11 bits per heavy atom. The summed E-state index contributed by atoms with van der Waals surface area (Å²) in [4.78, 5) is 21.6. The highest BCUT2D eigenvalue weighted by atomic mass is 35.5. The Hall–Kier alpha value is -1.75. The Labute approximate surface area is 116 Å². The van der Waals surface area contributed by atoms with Crippen molar-refractivity contribution in [2.24, 2.45) is 0 Å². The molecule has 0 saturated heterocycles. The number of halogens is 1. The molecule has 1 rings (SSSR count). The minimum Gasteiger partial charge on any atom is -0.493 e. The minimum atomic E-state index is -0.294. The summed E-state index contributed by atoms with van der Waals surface area (Å²) in [6.45, 7) is 0.297. The van der Waals surface area contributed by atoms with Crippen molar-refractivity contribution < 1.29 is 23.8 Å². The van der Waals surface area contributed by atoms with Crippen LogP contribution >= 0.6 is 11.6 Å². The molecule has 0 fully saturated rings. The number of esters is 1. The van der Waals surface area contributed by atoms with Crippen molar-refractivity contribution in [2.75, 3.05) is 20.8 Å². The Morgan fingerprint density at radius 1 is 1.37 bits per heavy atom. The van der Waals surface area contributed by atoms with E-state index >= 15 is 0 Å². The number of hydrogen-bond acceptors (Lipinski definition) is 5. The molecule has 1 aromatic carbocycles. The van der Waals surface area contributed by atoms with Gasteiger partial charge in [-0.3, -0.25) is 9.59 Å². The fourth-order valence-corrected chi connectivity index (χ4v) is 1.71. The van der Waals surface area contributed by atoms with E-state index in [1.54, 1.807) is 0 Å². The smallest absolute Gasteiger partial charge is 0.305 e. The van der Waals surface area contributed by atoms with Gasteiger partial charge in [-0.05, 0) is 18.6 Å². The van der Waals surface area contributed by atoms with E-state index in [0.717, 1.165) is 0 Å². The molecule has 0 amide bonds. The Morgan fingerprint density at radius 3 is 2.68 bits per heavy atom. The molecule has 0 aliphatic carbocycles. The highest BCUT2D eigenvalue weighted by Gasteiger charge is 2.12. The first-order valence-electron chi connectivity index (χ1n) is 5.64. The van der Waals surface area contributed by atoms with Crippen LogP contribution in [0.15, 0.2) is 12.1 Å². The van der Waals surface area contributed by atoms with Gasteiger partial charge in [-0.15, -0.1) is 0 Å². The lowest BCUT2D eigenvalue weighted by molar-refractivity contribution is -0.140. The van der Waals surface area contributed by atoms with E-state index in [4.69, 9.17) is 21.1 Å². The zero-order chi connectivity index (χ0) is 14.3. The summed E-state index contributed by atoms with van der Waals surface area (Å²) in [5.74, 6) is 0.449. The molecule has 0 saturated carbocycles. The van der Waals surface area contributed by atoms with Crippen LogP contribution in [0.1, 0.15) is 23.2 Å². The average molecular weight is 287 g/mol. The Balaban J connectivity index is 2.67. The molecule has 0 bridgehead atoms. The Kier molecular flexibility index (Phi) is 6.15. The molecule has 0 radical (unpaired) electrons. The van der Waals surface area contributed by atoms with E-state index < -0.39 is 0 Å². The maximum Gasteiger partial charge on any atom is 0.305 e. The van der Waals surface area contributed by atoms with Crippen LogP contribution in [0.3, 0.4) is 0 Å². The van der Waals surface area contributed by atoms with Crippen LogP contribution in [-0.4, -0.2) is 33.1 Å². The van der Waals surface area contributed by atoms with Gasteiger partial charge in [-0.2, -0.15) is 0 Å². The van der Waals surface area contributed by atoms with Crippen molar-refractivity contribution >= 4 is 23.9 Å². The number of methoxy groups -OCH3 is 2. The van der Waals surface area contributed by atoms with Crippen molar-refractivity contribution in [1.82, 2.24) is 0 Å². The summed E-state index contributed by atoms with van der Waals surface area (Å²) >= 11 is 6.01. The number of aldehydes is 1. The fourth-order valence-electron chi connectivity index (χ4n) is 1.44. The average Bonchev–Trinajstić information content (AvgIpc) is 2.43. The lowest BCUT2D eigenvalue weighted by Gasteiger charge is -2.12. The zero-order valence-corrected chi connectivity index (χ0v) is 11.5. The first-order valence-corrected chi connectivity index (χ1v) is 6.02. The van der Waals surface area contributed by atoms with Gasteiger partial charge in [0.25, 0.3) is 0 Å². The van der Waals surface area contributed by atoms with Gasteiger partial charge in [0.1, 0.15) is 6.29 Å². The predicted octanol–water partition coefficient (Wildman–Crippen LogP) is 2.49. The third-order valence-electron chi connectivity index (χ3n) is 2.39. The first kappa shape index (κ1) is 15.3. The second-order valence-electron chi connectivity index (χ2n) is 3.68. The molecular formula is C13H15ClO5. The van der Waals surface area contributed by atoms with E-state index in [9.17, 15) is 9.59 Å². The molecule has 0 aromatic heterocycles. The van der Waals surface area contributed by atoms with Gasteiger partial charge in [-0.25, -0.2) is 0 Å². The molecule has 0 unspecified atom stereocenters. The maximum absolute atomic E-state index is 10.9. The van der Waals surface area contributed by atoms with E-state index in [1.807, 2.05) is 0 Å². The number of carbonyl (C=O) groups excluding carboxylic acids is 2. The highest BCUT2D eigenvalue weighted by molar-refractivity contribution is 6.32. The van der Waals surface area contributed by atoms with Crippen molar-refractivity contribution in [3.05, 3.63) is 22.7 Å². The SMILES string of the molecule is COC(=O)CCCOc1c(Cl)cc(C=O)cc1OC. The maximum atomic E-state index is 10.9. The van der Waals surface area contributed by atoms with Crippen LogP contribution in [0.4, 0.5) is 0 Å². The standard InChI is InChI=1S/C13H15ClO5/c1-17-11-7-9(8-15)6-10(14)13(11)19-5-3-4-12(16)18-2/h6-8H,3-5H2,1-2H3. The van der Waals surface area contributed by atoms with Crippen LogP contribution in [0.5, 0.6) is 11.5 Å². The molecular weight excluding hydrogens is 272 g/mol. The van der Waals surface area contributed by atoms with Crippen LogP contribution in [0, 0.1) is 0 Å². The largest absolute Gasteiger partial charge is 0.493 e. The van der Waals surface area contributed by atoms with Gasteiger partial charge in [-0.1, -0.05) is 11.6 Å². The third kappa shape index (κ3) is 4.44. The van der Waals surface area contributed by atoms with E-state index in [-0.39, 0.29) is 12.4 Å². The molecule has 0 aliphatic rings. The van der Waals surface area contributed by atoms with Gasteiger partial charge in [0, 0.05) is 12.0 Å². The summed E-state index contributed by atoms with van der Waals surface area (Å²) in [5, 5.41) is 0.291. The van der Waals surface area contributed by atoms with Crippen molar-refractivity contribution in [3.8, 4) is 11.5 Å². The molecule has 0 atom stereocenters. The first-order chi connectivity index (χ1) is 9.12. The van der Waals surface area contributed by atoms with Gasteiger partial charge >= 0.3 is 5.97 Å². The molecule has 0 spiro atoms. The van der Waals surface area contributed by atoms with Crippen molar-refractivity contribution in [1.29, 1.82) is 0 Å². The summed E-state index contributed by atoms with van der Waals surface area (Å²) < 4.78 is 15.1. The van der Waals surface area contributed by atoms with Crippen LogP contribution in [0.25, 0.3) is 0 Å². The summed E-state index contributed by atoms with van der Waals surface area (Å²) in [7, 11) is 2.79. The monoisotopic (exact) mass is 286 g/mol. The minimum absolute atomic E-state index is 0.267. The molecule has 1 aromatic rings. The van der Waals surface area contributed by atoms with E-state index in [1.165, 1.54) is 26.4 Å². The summed E-state index contributed by atoms with van der Waals surface area (Å²) in [5.41, 5.74) is 0.406. The molecule has 6 heteroatoms. The topological polar surface area (TPSA) is 61.8 Å². The van der Waals surface area contributed by atoms with Crippen LogP contribution in [-0.2, 0) is 9.53 Å². The van der Waals surface area contributed by atoms with Crippen molar-refractivity contribution in [3.63, 3.8) is 0 Å². The van der Waals surface area contributed by atoms with Gasteiger partial charge in [0.05, 0.1) is 25.8 Å². The summed E-state index contributed by atoms with van der Waals surface area (Å²) in [6.07, 6.45) is 1.44. The number of ether oxygens (including phenoxy) is 3. The lowest BCUT2D eigenvalue weighted by Crippen LogP contribution is -2.05. The molecule has 0 N–H and O–H groups in total. The Bertz CT molecular complexity index is 459. The zero-order valence-electron chi connectivity index (χ0n) is 10.8. The van der Waals surface area contributed by atoms with Gasteiger partial charge in [0.2, 0.25) is 0 Å². The predicted molar refractivity (Wildman–Crippen MR) is 70.1 cm³/mol. The summed E-state index contributed by atoms with van der Waals surface area (Å²) in [6, 6.07) is 3.03. The fraction of sp³-hybridized carbons (Fsp3) is 0.385. The molecule has 19 heavy (non-hydrogen) atoms. The van der Waals surface area contributed by atoms with E-state index in [0.29, 0.717) is 41.4 Å². The molecule has 0 aliphatic heterocycles. The second kappa shape index (κ2) is 7.63. The quantitative estimate of drug-likeness (QED) is 0.438. The number of rotatable bonds is 7. The van der Waals surface area contributed by atoms with Gasteiger partial charge < -0.3 is 14.2 Å². The third-order valence-corrected chi connectivity index (χ3v) is 2.67.